The van der Waals surface area contributed by atoms with Gasteiger partial charge < -0.3 is 18.9 Å². The van der Waals surface area contributed by atoms with E-state index in [1.54, 1.807) is 30.3 Å². The van der Waals surface area contributed by atoms with E-state index < -0.39 is 52.7 Å². The Balaban J connectivity index is 1.37. The zero-order chi connectivity index (χ0) is 28.5. The standard InChI is InChI=1S/C28H22ClF2N5O4S/c1-37-26-24(36-13-21(34-35-36)17-8-19(30)23(29)20(31)9-17)25-22(14-38-27(40-25)16-5-3-2-4-6-16)39-28(26)41-18-7-15(10-32)11-33-12-18/h2-9,11-13,22,24-28H,14H2,1H3/t22?,24-,25-,26?,27?,28+/m0/s1. The van der Waals surface area contributed by atoms with Crippen LogP contribution in [0.2, 0.25) is 5.02 Å². The molecule has 2 saturated heterocycles. The van der Waals surface area contributed by atoms with E-state index in [0.29, 0.717) is 10.5 Å². The van der Waals surface area contributed by atoms with Crippen LogP contribution in [0.15, 0.2) is 72.0 Å². The SMILES string of the molecule is COC1[C@@H](Sc2cncc(C#N)c2)OC2COC(c3ccccc3)O[C@@H]2[C@@H]1n1cc(-c2cc(F)c(Cl)c(F)c2)nn1. The van der Waals surface area contributed by atoms with Crippen molar-refractivity contribution in [3.05, 3.63) is 94.9 Å². The molecule has 9 nitrogen and oxygen atoms in total. The summed E-state index contributed by atoms with van der Waals surface area (Å²) in [5, 5.41) is 17.2. The monoisotopic (exact) mass is 597 g/mol. The Bertz CT molecular complexity index is 1570. The van der Waals surface area contributed by atoms with Gasteiger partial charge in [0, 0.05) is 35.5 Å². The van der Waals surface area contributed by atoms with Gasteiger partial charge in [0.25, 0.3) is 0 Å². The van der Waals surface area contributed by atoms with Crippen LogP contribution in [0, 0.1) is 23.0 Å². The number of nitrogens with zero attached hydrogens (tertiary/aromatic N) is 5. The first kappa shape index (κ1) is 27.7. The van der Waals surface area contributed by atoms with Gasteiger partial charge in [-0.15, -0.1) is 5.10 Å². The van der Waals surface area contributed by atoms with Crippen molar-refractivity contribution < 1.29 is 27.7 Å². The summed E-state index contributed by atoms with van der Waals surface area (Å²) < 4.78 is 54.9. The molecule has 6 rings (SSSR count). The molecule has 3 unspecified atom stereocenters. The van der Waals surface area contributed by atoms with Crippen molar-refractivity contribution >= 4 is 23.4 Å². The third-order valence-electron chi connectivity index (χ3n) is 6.84. The Labute approximate surface area is 242 Å². The molecule has 4 heterocycles. The number of halogens is 3. The maximum Gasteiger partial charge on any atom is 0.184 e. The molecule has 0 spiro atoms. The van der Waals surface area contributed by atoms with Gasteiger partial charge >= 0.3 is 0 Å². The molecule has 0 N–H and O–H groups in total. The molecule has 210 valence electrons. The van der Waals surface area contributed by atoms with Crippen molar-refractivity contribution in [3.63, 3.8) is 0 Å². The third kappa shape index (κ3) is 5.57. The van der Waals surface area contributed by atoms with Crippen molar-refractivity contribution in [2.24, 2.45) is 0 Å². The quantitative estimate of drug-likeness (QED) is 0.273. The molecular weight excluding hydrogens is 576 g/mol. The van der Waals surface area contributed by atoms with Crippen molar-refractivity contribution in [1.82, 2.24) is 20.0 Å². The average molecular weight is 598 g/mol. The predicted octanol–water partition coefficient (Wildman–Crippen LogP) is 5.33. The first-order chi connectivity index (χ1) is 19.9. The van der Waals surface area contributed by atoms with Crippen LogP contribution in [0.3, 0.4) is 0 Å². The minimum Gasteiger partial charge on any atom is -0.375 e. The van der Waals surface area contributed by atoms with Gasteiger partial charge in [0.2, 0.25) is 0 Å². The molecule has 13 heteroatoms. The van der Waals surface area contributed by atoms with Gasteiger partial charge in [0.1, 0.15) is 58.2 Å². The molecule has 2 aliphatic heterocycles. The predicted molar refractivity (Wildman–Crippen MR) is 144 cm³/mol. The second-order valence-corrected chi connectivity index (χ2v) is 10.9. The van der Waals surface area contributed by atoms with E-state index in [1.165, 1.54) is 18.0 Å². The third-order valence-corrected chi connectivity index (χ3v) is 8.31. The number of ether oxygens (including phenoxy) is 4. The zero-order valence-corrected chi connectivity index (χ0v) is 23.0. The van der Waals surface area contributed by atoms with Crippen molar-refractivity contribution in [1.29, 1.82) is 5.26 Å². The van der Waals surface area contributed by atoms with Gasteiger partial charge in [-0.3, -0.25) is 4.98 Å². The van der Waals surface area contributed by atoms with Crippen LogP contribution in [0.4, 0.5) is 8.78 Å². The minimum absolute atomic E-state index is 0.175. The molecule has 4 aromatic rings. The summed E-state index contributed by atoms with van der Waals surface area (Å²) >= 11 is 7.01. The van der Waals surface area contributed by atoms with Crippen LogP contribution in [-0.4, -0.2) is 57.4 Å². The minimum atomic E-state index is -0.903. The number of pyridine rings is 1. The number of benzene rings is 2. The fourth-order valence-corrected chi connectivity index (χ4v) is 6.23. The molecule has 0 radical (unpaired) electrons. The highest BCUT2D eigenvalue weighted by atomic mass is 35.5. The molecule has 2 fully saturated rings. The molecule has 2 aromatic carbocycles. The number of aromatic nitrogens is 4. The summed E-state index contributed by atoms with van der Waals surface area (Å²) in [5.74, 6) is -1.81. The van der Waals surface area contributed by atoms with E-state index in [-0.39, 0.29) is 17.9 Å². The van der Waals surface area contributed by atoms with Crippen LogP contribution in [0.25, 0.3) is 11.3 Å². The lowest BCUT2D eigenvalue weighted by atomic mass is 9.95. The summed E-state index contributed by atoms with van der Waals surface area (Å²) in [6.45, 7) is 0.222. The van der Waals surface area contributed by atoms with Crippen LogP contribution in [0.5, 0.6) is 0 Å². The van der Waals surface area contributed by atoms with E-state index in [9.17, 15) is 14.0 Å². The van der Waals surface area contributed by atoms with Gasteiger partial charge in [0.05, 0.1) is 18.4 Å². The number of methoxy groups -OCH3 is 1. The molecular formula is C28H22ClF2N5O4S. The van der Waals surface area contributed by atoms with Crippen LogP contribution < -0.4 is 0 Å². The Morgan fingerprint density at radius 1 is 1.12 bits per heavy atom. The fraction of sp³-hybridized carbons (Fsp3) is 0.286. The molecule has 0 bridgehead atoms. The summed E-state index contributed by atoms with van der Waals surface area (Å²) in [6, 6.07) is 14.9. The van der Waals surface area contributed by atoms with E-state index in [2.05, 4.69) is 21.4 Å². The van der Waals surface area contributed by atoms with Crippen LogP contribution >= 0.6 is 23.4 Å². The van der Waals surface area contributed by atoms with Gasteiger partial charge in [-0.1, -0.05) is 58.9 Å². The number of nitriles is 1. The second-order valence-electron chi connectivity index (χ2n) is 9.39. The molecule has 0 aliphatic carbocycles. The topological polar surface area (TPSA) is 104 Å². The number of rotatable bonds is 6. The highest BCUT2D eigenvalue weighted by molar-refractivity contribution is 7.99. The Hall–Kier alpha value is -3.44. The number of fused-ring (bicyclic) bond motifs is 1. The van der Waals surface area contributed by atoms with E-state index in [0.717, 1.165) is 17.7 Å². The summed E-state index contributed by atoms with van der Waals surface area (Å²) in [6.07, 6.45) is 2.29. The smallest absolute Gasteiger partial charge is 0.184 e. The first-order valence-electron chi connectivity index (χ1n) is 12.5. The number of hydrogen-bond donors (Lipinski definition) is 0. The first-order valence-corrected chi connectivity index (χ1v) is 13.8. The fourth-order valence-electron chi connectivity index (χ4n) is 4.93. The zero-order valence-electron chi connectivity index (χ0n) is 21.4. The maximum atomic E-state index is 14.2. The van der Waals surface area contributed by atoms with Gasteiger partial charge in [0.15, 0.2) is 6.29 Å². The molecule has 41 heavy (non-hydrogen) atoms. The van der Waals surface area contributed by atoms with E-state index in [4.69, 9.17) is 30.5 Å². The lowest BCUT2D eigenvalue weighted by molar-refractivity contribution is -0.308. The lowest BCUT2D eigenvalue weighted by Gasteiger charge is -2.48. The van der Waals surface area contributed by atoms with Gasteiger partial charge in [-0.05, 0) is 18.2 Å². The van der Waals surface area contributed by atoms with Crippen molar-refractivity contribution in [3.8, 4) is 17.3 Å². The number of thioether (sulfide) groups is 1. The van der Waals surface area contributed by atoms with Crippen LogP contribution in [-0.2, 0) is 18.9 Å². The maximum absolute atomic E-state index is 14.2. The largest absolute Gasteiger partial charge is 0.375 e. The summed E-state index contributed by atoms with van der Waals surface area (Å²) in [7, 11) is 1.55. The summed E-state index contributed by atoms with van der Waals surface area (Å²) in [5.41, 5.74) is 1.07. The molecule has 0 saturated carbocycles. The molecule has 0 amide bonds. The molecule has 2 aliphatic rings. The Morgan fingerprint density at radius 2 is 1.90 bits per heavy atom. The second kappa shape index (κ2) is 11.8. The lowest BCUT2D eigenvalue weighted by Crippen LogP contribution is -2.59. The van der Waals surface area contributed by atoms with E-state index in [1.807, 2.05) is 30.3 Å². The Kier molecular flexibility index (Phi) is 7.99. The Morgan fingerprint density at radius 3 is 2.63 bits per heavy atom. The van der Waals surface area contributed by atoms with Crippen molar-refractivity contribution in [2.45, 2.75) is 41.0 Å². The molecule has 2 aromatic heterocycles. The van der Waals surface area contributed by atoms with Gasteiger partial charge in [-0.25, -0.2) is 13.5 Å². The highest BCUT2D eigenvalue weighted by Crippen LogP contribution is 2.44. The van der Waals surface area contributed by atoms with Crippen molar-refractivity contribution in [2.75, 3.05) is 13.7 Å². The van der Waals surface area contributed by atoms with E-state index >= 15 is 0 Å². The number of hydrogen-bond acceptors (Lipinski definition) is 9. The molecule has 6 atom stereocenters. The van der Waals surface area contributed by atoms with Crippen LogP contribution in [0.1, 0.15) is 23.5 Å². The summed E-state index contributed by atoms with van der Waals surface area (Å²) in [4.78, 5) is 4.85. The van der Waals surface area contributed by atoms with Gasteiger partial charge in [-0.2, -0.15) is 5.26 Å². The average Bonchev–Trinajstić information content (AvgIpc) is 3.49. The highest BCUT2D eigenvalue weighted by Gasteiger charge is 2.52. The normalized spacial score (nSPS) is 25.8.